The number of rotatable bonds is 5. The fourth-order valence-electron chi connectivity index (χ4n) is 3.40. The van der Waals surface area contributed by atoms with E-state index in [1.54, 1.807) is 6.07 Å². The lowest BCUT2D eigenvalue weighted by atomic mass is 9.96. The summed E-state index contributed by atoms with van der Waals surface area (Å²) in [6.45, 7) is 5.05. The summed E-state index contributed by atoms with van der Waals surface area (Å²) in [4.78, 5) is 2.40. The van der Waals surface area contributed by atoms with Crippen molar-refractivity contribution in [2.45, 2.75) is 57.7 Å². The molecule has 1 saturated carbocycles. The van der Waals surface area contributed by atoms with E-state index < -0.39 is 0 Å². The Bertz CT molecular complexity index is 399. The van der Waals surface area contributed by atoms with Gasteiger partial charge in [0.1, 0.15) is 5.82 Å². The van der Waals surface area contributed by atoms with E-state index in [1.165, 1.54) is 31.7 Å². The molecule has 19 heavy (non-hydrogen) atoms. The van der Waals surface area contributed by atoms with E-state index in [0.29, 0.717) is 6.04 Å². The second kappa shape index (κ2) is 6.49. The molecule has 0 saturated heterocycles. The monoisotopic (exact) mass is 264 g/mol. The second-order valence-corrected chi connectivity index (χ2v) is 5.59. The molecule has 0 radical (unpaired) electrons. The molecule has 2 unspecified atom stereocenters. The number of likely N-dealkylation sites (N-methyl/N-ethyl adjacent to an activating group) is 1. The highest BCUT2D eigenvalue weighted by atomic mass is 19.1. The highest BCUT2D eigenvalue weighted by Crippen LogP contribution is 2.33. The Labute approximate surface area is 115 Å². The highest BCUT2D eigenvalue weighted by Gasteiger charge is 2.31. The molecule has 3 heteroatoms. The number of hydrogen-bond donors (Lipinski definition) is 1. The topological polar surface area (TPSA) is 29.3 Å². The third kappa shape index (κ3) is 3.15. The van der Waals surface area contributed by atoms with Crippen molar-refractivity contribution in [1.82, 2.24) is 4.90 Å². The summed E-state index contributed by atoms with van der Waals surface area (Å²) in [5.41, 5.74) is 6.92. The number of halogens is 1. The van der Waals surface area contributed by atoms with Crippen LogP contribution in [-0.4, -0.2) is 23.5 Å². The summed E-state index contributed by atoms with van der Waals surface area (Å²) in [5, 5.41) is 0. The zero-order valence-corrected chi connectivity index (χ0v) is 12.0. The maximum Gasteiger partial charge on any atom is 0.128 e. The molecule has 0 amide bonds. The Balaban J connectivity index is 2.30. The third-order valence-corrected chi connectivity index (χ3v) is 4.24. The normalized spacial score (nSPS) is 19.8. The minimum atomic E-state index is -0.138. The Morgan fingerprint density at radius 1 is 1.32 bits per heavy atom. The second-order valence-electron chi connectivity index (χ2n) is 5.59. The van der Waals surface area contributed by atoms with Crippen molar-refractivity contribution in [3.8, 4) is 0 Å². The van der Waals surface area contributed by atoms with E-state index in [-0.39, 0.29) is 17.9 Å². The Morgan fingerprint density at radius 2 is 1.95 bits per heavy atom. The standard InChI is InChI=1S/C16H25FN2/c1-3-19(13-8-4-5-9-13)16(12(2)18)14-10-6-7-11-15(14)17/h6-7,10-13,16H,3-5,8-9,18H2,1-2H3. The van der Waals surface area contributed by atoms with Gasteiger partial charge in [0.25, 0.3) is 0 Å². The van der Waals surface area contributed by atoms with Crippen LogP contribution in [0, 0.1) is 5.82 Å². The van der Waals surface area contributed by atoms with Crippen LogP contribution in [0.5, 0.6) is 0 Å². The van der Waals surface area contributed by atoms with Gasteiger partial charge in [0.15, 0.2) is 0 Å². The summed E-state index contributed by atoms with van der Waals surface area (Å²) in [5.74, 6) is -0.138. The fourth-order valence-corrected chi connectivity index (χ4v) is 3.40. The van der Waals surface area contributed by atoms with Crippen molar-refractivity contribution in [3.05, 3.63) is 35.6 Å². The van der Waals surface area contributed by atoms with Crippen LogP contribution in [0.3, 0.4) is 0 Å². The lowest BCUT2D eigenvalue weighted by Gasteiger charge is -2.38. The molecule has 106 valence electrons. The SMILES string of the molecule is CCN(C1CCCC1)C(c1ccccc1F)C(C)N. The molecule has 0 aromatic heterocycles. The fraction of sp³-hybridized carbons (Fsp3) is 0.625. The van der Waals surface area contributed by atoms with Crippen molar-refractivity contribution < 1.29 is 4.39 Å². The molecule has 0 heterocycles. The predicted molar refractivity (Wildman–Crippen MR) is 77.4 cm³/mol. The molecule has 2 rings (SSSR count). The van der Waals surface area contributed by atoms with Crippen LogP contribution in [0.2, 0.25) is 0 Å². The average molecular weight is 264 g/mol. The van der Waals surface area contributed by atoms with Gasteiger partial charge in [-0.25, -0.2) is 4.39 Å². The summed E-state index contributed by atoms with van der Waals surface area (Å²) >= 11 is 0. The first-order valence-corrected chi connectivity index (χ1v) is 7.41. The van der Waals surface area contributed by atoms with Crippen LogP contribution in [0.15, 0.2) is 24.3 Å². The van der Waals surface area contributed by atoms with Crippen LogP contribution >= 0.6 is 0 Å². The highest BCUT2D eigenvalue weighted by molar-refractivity contribution is 5.23. The molecule has 2 atom stereocenters. The Morgan fingerprint density at radius 3 is 2.47 bits per heavy atom. The molecule has 0 bridgehead atoms. The lowest BCUT2D eigenvalue weighted by Crippen LogP contribution is -2.44. The molecule has 1 aromatic rings. The van der Waals surface area contributed by atoms with Crippen LogP contribution in [0.1, 0.15) is 51.1 Å². The number of nitrogens with two attached hydrogens (primary N) is 1. The third-order valence-electron chi connectivity index (χ3n) is 4.24. The van der Waals surface area contributed by atoms with Crippen LogP contribution in [-0.2, 0) is 0 Å². The van der Waals surface area contributed by atoms with Gasteiger partial charge in [-0.2, -0.15) is 0 Å². The van der Waals surface area contributed by atoms with Crippen LogP contribution in [0.25, 0.3) is 0 Å². The molecule has 1 aromatic carbocycles. The molecule has 0 aliphatic heterocycles. The van der Waals surface area contributed by atoms with Crippen molar-refractivity contribution in [2.75, 3.05) is 6.54 Å². The molecule has 2 nitrogen and oxygen atoms in total. The van der Waals surface area contributed by atoms with Crippen molar-refractivity contribution in [3.63, 3.8) is 0 Å². The minimum absolute atomic E-state index is 0.0192. The van der Waals surface area contributed by atoms with E-state index in [0.717, 1.165) is 12.1 Å². The largest absolute Gasteiger partial charge is 0.326 e. The van der Waals surface area contributed by atoms with E-state index in [2.05, 4.69) is 11.8 Å². The lowest BCUT2D eigenvalue weighted by molar-refractivity contribution is 0.124. The molecular weight excluding hydrogens is 239 g/mol. The molecule has 1 aliphatic carbocycles. The zero-order valence-electron chi connectivity index (χ0n) is 12.0. The van der Waals surface area contributed by atoms with Gasteiger partial charge < -0.3 is 5.73 Å². The zero-order chi connectivity index (χ0) is 13.8. The van der Waals surface area contributed by atoms with Gasteiger partial charge in [-0.05, 0) is 32.4 Å². The van der Waals surface area contributed by atoms with Crippen molar-refractivity contribution in [1.29, 1.82) is 0 Å². The Kier molecular flexibility index (Phi) is 4.94. The van der Waals surface area contributed by atoms with Gasteiger partial charge in [0.05, 0.1) is 6.04 Å². The van der Waals surface area contributed by atoms with Gasteiger partial charge in [-0.3, -0.25) is 4.90 Å². The molecule has 2 N–H and O–H groups in total. The number of hydrogen-bond acceptors (Lipinski definition) is 2. The first kappa shape index (κ1) is 14.5. The first-order chi connectivity index (χ1) is 9.15. The average Bonchev–Trinajstić information content (AvgIpc) is 2.90. The maximum atomic E-state index is 14.1. The minimum Gasteiger partial charge on any atom is -0.326 e. The van der Waals surface area contributed by atoms with Crippen molar-refractivity contribution >= 4 is 0 Å². The number of nitrogens with zero attached hydrogens (tertiary/aromatic N) is 1. The van der Waals surface area contributed by atoms with Gasteiger partial charge in [0.2, 0.25) is 0 Å². The van der Waals surface area contributed by atoms with Gasteiger partial charge in [0, 0.05) is 17.6 Å². The van der Waals surface area contributed by atoms with Crippen LogP contribution in [0.4, 0.5) is 4.39 Å². The summed E-state index contributed by atoms with van der Waals surface area (Å²) < 4.78 is 14.1. The van der Waals surface area contributed by atoms with Gasteiger partial charge in [-0.1, -0.05) is 38.0 Å². The van der Waals surface area contributed by atoms with Gasteiger partial charge >= 0.3 is 0 Å². The van der Waals surface area contributed by atoms with Gasteiger partial charge in [-0.15, -0.1) is 0 Å². The van der Waals surface area contributed by atoms with Crippen LogP contribution < -0.4 is 5.73 Å². The summed E-state index contributed by atoms with van der Waals surface area (Å²) in [6, 6.07) is 7.51. The summed E-state index contributed by atoms with van der Waals surface area (Å²) in [7, 11) is 0. The molecule has 0 spiro atoms. The van der Waals surface area contributed by atoms with E-state index >= 15 is 0 Å². The maximum absolute atomic E-state index is 14.1. The molecule has 1 aliphatic rings. The smallest absolute Gasteiger partial charge is 0.128 e. The molecule has 1 fully saturated rings. The summed E-state index contributed by atoms with van der Waals surface area (Å²) in [6.07, 6.45) is 4.99. The first-order valence-electron chi connectivity index (χ1n) is 7.41. The van der Waals surface area contributed by atoms with E-state index in [4.69, 9.17) is 5.73 Å². The van der Waals surface area contributed by atoms with E-state index in [9.17, 15) is 4.39 Å². The Hall–Kier alpha value is -0.930. The van der Waals surface area contributed by atoms with Crippen molar-refractivity contribution in [2.24, 2.45) is 5.73 Å². The quantitative estimate of drug-likeness (QED) is 0.882. The molecular formula is C16H25FN2. The number of benzene rings is 1. The predicted octanol–water partition coefficient (Wildman–Crippen LogP) is 3.48. The van der Waals surface area contributed by atoms with E-state index in [1.807, 2.05) is 19.1 Å².